The van der Waals surface area contributed by atoms with E-state index in [1.54, 1.807) is 19.2 Å². The Labute approximate surface area is 90.4 Å². The summed E-state index contributed by atoms with van der Waals surface area (Å²) in [5.41, 5.74) is 0.687. The summed E-state index contributed by atoms with van der Waals surface area (Å²) in [5.74, 6) is -0.0421. The Balaban J connectivity index is 2.55. The van der Waals surface area contributed by atoms with Gasteiger partial charge in [0.1, 0.15) is 0 Å². The molecule has 0 radical (unpaired) electrons. The molecule has 0 aromatic heterocycles. The van der Waals surface area contributed by atoms with Crippen LogP contribution in [-0.2, 0) is 4.74 Å². The Kier molecular flexibility index (Phi) is 4.84. The van der Waals surface area contributed by atoms with Gasteiger partial charge in [0, 0.05) is 12.7 Å². The summed E-state index contributed by atoms with van der Waals surface area (Å²) in [6.45, 7) is 2.57. The molecule has 0 saturated heterocycles. The van der Waals surface area contributed by atoms with Crippen LogP contribution in [0.2, 0.25) is 0 Å². The largest absolute Gasteiger partial charge is 0.383 e. The SMILES string of the molecule is CC[C@@H](COC)NC(=O)c1ccccc1. The monoisotopic (exact) mass is 207 g/mol. The normalized spacial score (nSPS) is 12.1. The minimum absolute atomic E-state index is 0.0421. The van der Waals surface area contributed by atoms with E-state index in [0.29, 0.717) is 12.2 Å². The second kappa shape index (κ2) is 6.19. The highest BCUT2D eigenvalue weighted by Gasteiger charge is 2.10. The molecule has 1 amide bonds. The zero-order valence-electron chi connectivity index (χ0n) is 9.19. The van der Waals surface area contributed by atoms with Crippen LogP contribution in [0.3, 0.4) is 0 Å². The van der Waals surface area contributed by atoms with Gasteiger partial charge in [0.15, 0.2) is 0 Å². The van der Waals surface area contributed by atoms with Gasteiger partial charge < -0.3 is 10.1 Å². The van der Waals surface area contributed by atoms with Gasteiger partial charge in [-0.2, -0.15) is 0 Å². The molecule has 15 heavy (non-hydrogen) atoms. The molecule has 1 atom stereocenters. The predicted molar refractivity (Wildman–Crippen MR) is 59.9 cm³/mol. The first-order chi connectivity index (χ1) is 7.27. The van der Waals surface area contributed by atoms with E-state index in [0.717, 1.165) is 6.42 Å². The molecule has 1 N–H and O–H groups in total. The van der Waals surface area contributed by atoms with Crippen molar-refractivity contribution in [2.45, 2.75) is 19.4 Å². The number of amides is 1. The minimum Gasteiger partial charge on any atom is -0.383 e. The lowest BCUT2D eigenvalue weighted by atomic mass is 10.2. The van der Waals surface area contributed by atoms with Gasteiger partial charge in [-0.05, 0) is 18.6 Å². The highest BCUT2D eigenvalue weighted by atomic mass is 16.5. The van der Waals surface area contributed by atoms with Crippen LogP contribution in [0, 0.1) is 0 Å². The quantitative estimate of drug-likeness (QED) is 0.800. The van der Waals surface area contributed by atoms with Crippen LogP contribution >= 0.6 is 0 Å². The number of ether oxygens (including phenoxy) is 1. The van der Waals surface area contributed by atoms with E-state index in [2.05, 4.69) is 5.32 Å². The van der Waals surface area contributed by atoms with E-state index < -0.39 is 0 Å². The van der Waals surface area contributed by atoms with Crippen LogP contribution in [0.25, 0.3) is 0 Å². The summed E-state index contributed by atoms with van der Waals surface area (Å²) in [6, 6.07) is 9.29. The smallest absolute Gasteiger partial charge is 0.251 e. The number of methoxy groups -OCH3 is 1. The molecule has 0 spiro atoms. The zero-order valence-corrected chi connectivity index (χ0v) is 9.19. The molecule has 1 rings (SSSR count). The molecule has 0 fully saturated rings. The zero-order chi connectivity index (χ0) is 11.1. The average Bonchev–Trinajstić information content (AvgIpc) is 2.29. The molecule has 3 heteroatoms. The molecule has 0 aliphatic heterocycles. The lowest BCUT2D eigenvalue weighted by molar-refractivity contribution is 0.0894. The highest BCUT2D eigenvalue weighted by Crippen LogP contribution is 2.00. The number of carbonyl (C=O) groups excluding carboxylic acids is 1. The van der Waals surface area contributed by atoms with Crippen LogP contribution in [0.4, 0.5) is 0 Å². The van der Waals surface area contributed by atoms with Gasteiger partial charge in [-0.1, -0.05) is 25.1 Å². The van der Waals surface area contributed by atoms with E-state index in [9.17, 15) is 4.79 Å². The Morgan fingerprint density at radius 2 is 2.07 bits per heavy atom. The molecular formula is C12H17NO2. The van der Waals surface area contributed by atoms with Gasteiger partial charge in [-0.15, -0.1) is 0 Å². The molecule has 0 aliphatic carbocycles. The van der Waals surface area contributed by atoms with Crippen molar-refractivity contribution in [2.24, 2.45) is 0 Å². The fourth-order valence-electron chi connectivity index (χ4n) is 1.32. The van der Waals surface area contributed by atoms with Crippen molar-refractivity contribution in [3.05, 3.63) is 35.9 Å². The number of carbonyl (C=O) groups is 1. The molecule has 0 bridgehead atoms. The number of rotatable bonds is 5. The van der Waals surface area contributed by atoms with Gasteiger partial charge in [-0.3, -0.25) is 4.79 Å². The van der Waals surface area contributed by atoms with Crippen LogP contribution in [0.5, 0.6) is 0 Å². The molecule has 0 heterocycles. The summed E-state index contributed by atoms with van der Waals surface area (Å²) >= 11 is 0. The molecule has 3 nitrogen and oxygen atoms in total. The van der Waals surface area contributed by atoms with Crippen molar-refractivity contribution in [3.63, 3.8) is 0 Å². The molecule has 1 aromatic carbocycles. The van der Waals surface area contributed by atoms with Gasteiger partial charge in [0.25, 0.3) is 5.91 Å². The van der Waals surface area contributed by atoms with E-state index in [4.69, 9.17) is 4.74 Å². The van der Waals surface area contributed by atoms with Crippen molar-refractivity contribution in [2.75, 3.05) is 13.7 Å². The van der Waals surface area contributed by atoms with Gasteiger partial charge >= 0.3 is 0 Å². The summed E-state index contributed by atoms with van der Waals surface area (Å²) in [4.78, 5) is 11.7. The molecule has 0 aliphatic rings. The summed E-state index contributed by atoms with van der Waals surface area (Å²) in [5, 5.41) is 2.92. The summed E-state index contributed by atoms with van der Waals surface area (Å²) in [7, 11) is 1.64. The third-order valence-corrected chi connectivity index (χ3v) is 2.23. The van der Waals surface area contributed by atoms with E-state index in [1.807, 2.05) is 25.1 Å². The number of hydrogen-bond acceptors (Lipinski definition) is 2. The van der Waals surface area contributed by atoms with E-state index >= 15 is 0 Å². The van der Waals surface area contributed by atoms with Crippen molar-refractivity contribution >= 4 is 5.91 Å². The fraction of sp³-hybridized carbons (Fsp3) is 0.417. The lowest BCUT2D eigenvalue weighted by Crippen LogP contribution is -2.37. The Bertz CT molecular complexity index is 298. The van der Waals surface area contributed by atoms with Crippen molar-refractivity contribution in [1.82, 2.24) is 5.32 Å². The standard InChI is InChI=1S/C12H17NO2/c1-3-11(9-15-2)13-12(14)10-7-5-4-6-8-10/h4-8,11H,3,9H2,1-2H3,(H,13,14)/t11-/m0/s1. The van der Waals surface area contributed by atoms with Crippen LogP contribution in [0.1, 0.15) is 23.7 Å². The van der Waals surface area contributed by atoms with Crippen LogP contribution < -0.4 is 5.32 Å². The molecule has 82 valence electrons. The van der Waals surface area contributed by atoms with Crippen LogP contribution in [-0.4, -0.2) is 25.7 Å². The lowest BCUT2D eigenvalue weighted by Gasteiger charge is -2.15. The maximum atomic E-state index is 11.7. The van der Waals surface area contributed by atoms with Crippen molar-refractivity contribution in [1.29, 1.82) is 0 Å². The third kappa shape index (κ3) is 3.72. The predicted octanol–water partition coefficient (Wildman–Crippen LogP) is 1.84. The Morgan fingerprint density at radius 1 is 1.40 bits per heavy atom. The van der Waals surface area contributed by atoms with Crippen molar-refractivity contribution in [3.8, 4) is 0 Å². The first kappa shape index (κ1) is 11.7. The molecular weight excluding hydrogens is 190 g/mol. The topological polar surface area (TPSA) is 38.3 Å². The first-order valence-electron chi connectivity index (χ1n) is 5.12. The van der Waals surface area contributed by atoms with Gasteiger partial charge in [-0.25, -0.2) is 0 Å². The fourth-order valence-corrected chi connectivity index (χ4v) is 1.32. The summed E-state index contributed by atoms with van der Waals surface area (Å²) in [6.07, 6.45) is 0.867. The average molecular weight is 207 g/mol. The van der Waals surface area contributed by atoms with E-state index in [-0.39, 0.29) is 11.9 Å². The van der Waals surface area contributed by atoms with Gasteiger partial charge in [0.05, 0.1) is 12.6 Å². The third-order valence-electron chi connectivity index (χ3n) is 2.23. The second-order valence-electron chi connectivity index (χ2n) is 3.40. The maximum absolute atomic E-state index is 11.7. The van der Waals surface area contributed by atoms with Gasteiger partial charge in [0.2, 0.25) is 0 Å². The minimum atomic E-state index is -0.0421. The highest BCUT2D eigenvalue weighted by molar-refractivity contribution is 5.94. The number of hydrogen-bond donors (Lipinski definition) is 1. The Hall–Kier alpha value is -1.35. The molecule has 0 saturated carbocycles. The summed E-state index contributed by atoms with van der Waals surface area (Å²) < 4.78 is 5.02. The first-order valence-corrected chi connectivity index (χ1v) is 5.12. The van der Waals surface area contributed by atoms with Crippen molar-refractivity contribution < 1.29 is 9.53 Å². The number of benzene rings is 1. The molecule has 0 unspecified atom stereocenters. The van der Waals surface area contributed by atoms with E-state index in [1.165, 1.54) is 0 Å². The van der Waals surface area contributed by atoms with Crippen LogP contribution in [0.15, 0.2) is 30.3 Å². The molecule has 1 aromatic rings. The second-order valence-corrected chi connectivity index (χ2v) is 3.40. The maximum Gasteiger partial charge on any atom is 0.251 e. The number of nitrogens with one attached hydrogen (secondary N) is 1. The Morgan fingerprint density at radius 3 is 2.60 bits per heavy atom.